The Morgan fingerprint density at radius 2 is 1.76 bits per heavy atom. The largest absolute Gasteiger partial charge is 0.314 e. The Kier molecular flexibility index (Phi) is 10.6. The van der Waals surface area contributed by atoms with Crippen LogP contribution in [0.25, 0.3) is 0 Å². The van der Waals surface area contributed by atoms with Gasteiger partial charge in [-0.2, -0.15) is 0 Å². The van der Waals surface area contributed by atoms with Crippen LogP contribution in [0.1, 0.15) is 66.7 Å². The Morgan fingerprint density at radius 1 is 1.06 bits per heavy atom. The summed E-state index contributed by atoms with van der Waals surface area (Å²) >= 11 is 0. The van der Waals surface area contributed by atoms with Gasteiger partial charge in [0, 0.05) is 6.04 Å². The topological polar surface area (TPSA) is 12.0 Å². The Bertz CT molecular complexity index is 184. The summed E-state index contributed by atoms with van der Waals surface area (Å²) in [6.45, 7) is 12.6. The second-order valence-corrected chi connectivity index (χ2v) is 5.53. The van der Waals surface area contributed by atoms with E-state index in [1.807, 2.05) is 0 Å². The molecule has 0 rings (SSSR count). The van der Waals surface area contributed by atoms with E-state index in [9.17, 15) is 0 Å². The third-order valence-corrected chi connectivity index (χ3v) is 3.61. The second kappa shape index (κ2) is 10.8. The van der Waals surface area contributed by atoms with E-state index < -0.39 is 0 Å². The lowest BCUT2D eigenvalue weighted by Crippen LogP contribution is -2.32. The maximum Gasteiger partial charge on any atom is 0.00389 e. The van der Waals surface area contributed by atoms with Crippen LogP contribution in [0.15, 0.2) is 12.2 Å². The molecule has 1 heteroatoms. The van der Waals surface area contributed by atoms with Gasteiger partial charge < -0.3 is 5.32 Å². The van der Waals surface area contributed by atoms with Gasteiger partial charge in [-0.15, -0.1) is 0 Å². The normalized spacial score (nSPS) is 15.6. The molecule has 0 aliphatic carbocycles. The number of rotatable bonds is 10. The van der Waals surface area contributed by atoms with Gasteiger partial charge in [0.1, 0.15) is 0 Å². The van der Waals surface area contributed by atoms with E-state index in [4.69, 9.17) is 0 Å². The average molecular weight is 239 g/mol. The van der Waals surface area contributed by atoms with Crippen molar-refractivity contribution in [2.75, 3.05) is 6.54 Å². The molecule has 1 nitrogen and oxygen atoms in total. The number of unbranched alkanes of at least 4 members (excludes halogenated alkanes) is 1. The lowest BCUT2D eigenvalue weighted by Gasteiger charge is -2.22. The predicted octanol–water partition coefficient (Wildman–Crippen LogP) is 4.78. The highest BCUT2D eigenvalue weighted by molar-refractivity contribution is 4.80. The Hall–Kier alpha value is -0.300. The predicted molar refractivity (Wildman–Crippen MR) is 79.4 cm³/mol. The quantitative estimate of drug-likeness (QED) is 0.427. The van der Waals surface area contributed by atoms with Crippen molar-refractivity contribution >= 4 is 0 Å². The molecule has 0 saturated heterocycles. The fourth-order valence-corrected chi connectivity index (χ4v) is 2.13. The van der Waals surface area contributed by atoms with E-state index >= 15 is 0 Å². The molecule has 0 aliphatic rings. The van der Waals surface area contributed by atoms with Crippen molar-refractivity contribution in [2.45, 2.75) is 72.8 Å². The maximum absolute atomic E-state index is 3.68. The molecule has 0 spiro atoms. The van der Waals surface area contributed by atoms with Crippen molar-refractivity contribution < 1.29 is 0 Å². The molecule has 0 aromatic carbocycles. The summed E-state index contributed by atoms with van der Waals surface area (Å²) in [5.74, 6) is 1.63. The fraction of sp³-hybridized carbons (Fsp3) is 0.875. The van der Waals surface area contributed by atoms with Crippen LogP contribution in [0.4, 0.5) is 0 Å². The van der Waals surface area contributed by atoms with Gasteiger partial charge >= 0.3 is 0 Å². The molecule has 0 aromatic heterocycles. The number of nitrogens with one attached hydrogen (secondary N) is 1. The van der Waals surface area contributed by atoms with E-state index in [2.05, 4.69) is 52.1 Å². The van der Waals surface area contributed by atoms with E-state index in [1.54, 1.807) is 0 Å². The molecule has 2 unspecified atom stereocenters. The number of allylic oxidation sites excluding steroid dienone is 2. The zero-order valence-corrected chi connectivity index (χ0v) is 12.6. The van der Waals surface area contributed by atoms with Gasteiger partial charge in [0.05, 0.1) is 0 Å². The number of hydrogen-bond acceptors (Lipinski definition) is 1. The first-order chi connectivity index (χ1) is 8.11. The molecule has 0 fully saturated rings. The van der Waals surface area contributed by atoms with Gasteiger partial charge in [-0.3, -0.25) is 0 Å². The van der Waals surface area contributed by atoms with Gasteiger partial charge in [0.15, 0.2) is 0 Å². The molecule has 0 radical (unpaired) electrons. The van der Waals surface area contributed by atoms with Crippen LogP contribution >= 0.6 is 0 Å². The van der Waals surface area contributed by atoms with Crippen molar-refractivity contribution in [2.24, 2.45) is 11.8 Å². The highest BCUT2D eigenvalue weighted by Gasteiger charge is 2.11. The zero-order chi connectivity index (χ0) is 13.1. The molecule has 102 valence electrons. The van der Waals surface area contributed by atoms with E-state index in [0.29, 0.717) is 6.04 Å². The van der Waals surface area contributed by atoms with E-state index in [0.717, 1.165) is 11.8 Å². The van der Waals surface area contributed by atoms with Crippen molar-refractivity contribution in [1.82, 2.24) is 5.32 Å². The summed E-state index contributed by atoms with van der Waals surface area (Å²) in [5, 5.41) is 3.68. The molecule has 0 bridgehead atoms. The Balaban J connectivity index is 3.57. The van der Waals surface area contributed by atoms with E-state index in [1.165, 1.54) is 38.6 Å². The summed E-state index contributed by atoms with van der Waals surface area (Å²) in [6, 6.07) is 0.665. The molecular formula is C16H33N. The summed E-state index contributed by atoms with van der Waals surface area (Å²) in [4.78, 5) is 0. The van der Waals surface area contributed by atoms with Crippen LogP contribution < -0.4 is 5.32 Å². The smallest absolute Gasteiger partial charge is 0.00389 e. The minimum Gasteiger partial charge on any atom is -0.314 e. The van der Waals surface area contributed by atoms with Crippen LogP contribution in [-0.2, 0) is 0 Å². The fourth-order valence-electron chi connectivity index (χ4n) is 2.13. The van der Waals surface area contributed by atoms with Crippen molar-refractivity contribution in [3.05, 3.63) is 12.2 Å². The summed E-state index contributed by atoms with van der Waals surface area (Å²) in [5.41, 5.74) is 0. The minimum absolute atomic E-state index is 0.665. The Labute approximate surface area is 109 Å². The molecular weight excluding hydrogens is 206 g/mol. The molecule has 17 heavy (non-hydrogen) atoms. The lowest BCUT2D eigenvalue weighted by atomic mass is 9.93. The first kappa shape index (κ1) is 16.7. The number of hydrogen-bond donors (Lipinski definition) is 1. The molecule has 0 aromatic rings. The van der Waals surface area contributed by atoms with Crippen LogP contribution in [0.3, 0.4) is 0 Å². The first-order valence-corrected chi connectivity index (χ1v) is 7.50. The Morgan fingerprint density at radius 3 is 2.29 bits per heavy atom. The molecule has 0 amide bonds. The summed E-state index contributed by atoms with van der Waals surface area (Å²) in [7, 11) is 0. The summed E-state index contributed by atoms with van der Waals surface area (Å²) < 4.78 is 0. The van der Waals surface area contributed by atoms with Crippen LogP contribution in [0.5, 0.6) is 0 Å². The third kappa shape index (κ3) is 9.41. The van der Waals surface area contributed by atoms with Crippen molar-refractivity contribution in [3.63, 3.8) is 0 Å². The maximum atomic E-state index is 3.68. The second-order valence-electron chi connectivity index (χ2n) is 5.53. The van der Waals surface area contributed by atoms with Crippen molar-refractivity contribution in [1.29, 1.82) is 0 Å². The van der Waals surface area contributed by atoms with Crippen LogP contribution in [0.2, 0.25) is 0 Å². The monoisotopic (exact) mass is 239 g/mol. The highest BCUT2D eigenvalue weighted by atomic mass is 14.9. The molecule has 2 atom stereocenters. The van der Waals surface area contributed by atoms with Crippen LogP contribution in [-0.4, -0.2) is 12.6 Å². The zero-order valence-electron chi connectivity index (χ0n) is 12.6. The molecule has 0 heterocycles. The van der Waals surface area contributed by atoms with Crippen LogP contribution in [0, 0.1) is 11.8 Å². The lowest BCUT2D eigenvalue weighted by molar-refractivity contribution is 0.332. The SMILES string of the molecule is CC/C=C\CCCC(C)NCC(CC)C(C)C. The van der Waals surface area contributed by atoms with Gasteiger partial charge in [-0.25, -0.2) is 0 Å². The van der Waals surface area contributed by atoms with Gasteiger partial charge in [0.2, 0.25) is 0 Å². The minimum atomic E-state index is 0.665. The molecule has 1 N–H and O–H groups in total. The van der Waals surface area contributed by atoms with E-state index in [-0.39, 0.29) is 0 Å². The average Bonchev–Trinajstić information content (AvgIpc) is 2.29. The summed E-state index contributed by atoms with van der Waals surface area (Å²) in [6.07, 6.45) is 10.9. The van der Waals surface area contributed by atoms with Gasteiger partial charge in [-0.05, 0) is 51.0 Å². The van der Waals surface area contributed by atoms with Gasteiger partial charge in [0.25, 0.3) is 0 Å². The first-order valence-electron chi connectivity index (χ1n) is 7.50. The third-order valence-electron chi connectivity index (χ3n) is 3.61. The molecule has 0 saturated carbocycles. The van der Waals surface area contributed by atoms with Crippen molar-refractivity contribution in [3.8, 4) is 0 Å². The standard InChI is InChI=1S/C16H33N/c1-6-8-9-10-11-12-15(5)17-13-16(7-2)14(3)4/h8-9,14-17H,6-7,10-13H2,1-5H3/b9-8-. The van der Waals surface area contributed by atoms with Gasteiger partial charge in [-0.1, -0.05) is 46.3 Å². The molecule has 0 aliphatic heterocycles. The highest BCUT2D eigenvalue weighted by Crippen LogP contribution is 2.14.